The molecule has 0 bridgehead atoms. The van der Waals surface area contributed by atoms with Crippen LogP contribution in [0.25, 0.3) is 0 Å². The number of aryl methyl sites for hydroxylation is 1. The van der Waals surface area contributed by atoms with Gasteiger partial charge in [-0.05, 0) is 44.5 Å². The van der Waals surface area contributed by atoms with E-state index in [2.05, 4.69) is 5.32 Å². The summed E-state index contributed by atoms with van der Waals surface area (Å²) in [5.41, 5.74) is 1.33. The van der Waals surface area contributed by atoms with Crippen molar-refractivity contribution in [2.45, 2.75) is 44.6 Å². The number of nitrogens with zero attached hydrogens (tertiary/aromatic N) is 1. The molecule has 28 heavy (non-hydrogen) atoms. The molecule has 0 heterocycles. The Morgan fingerprint density at radius 2 is 1.86 bits per heavy atom. The molecule has 6 nitrogen and oxygen atoms in total. The second-order valence-electron chi connectivity index (χ2n) is 6.78. The lowest BCUT2D eigenvalue weighted by Crippen LogP contribution is -2.43. The van der Waals surface area contributed by atoms with Crippen LogP contribution in [0.3, 0.4) is 0 Å². The zero-order valence-corrected chi connectivity index (χ0v) is 17.6. The smallest absolute Gasteiger partial charge is 0.264 e. The Bertz CT molecular complexity index is 895. The fourth-order valence-electron chi connectivity index (χ4n) is 2.87. The number of hydrogen-bond acceptors (Lipinski definition) is 4. The summed E-state index contributed by atoms with van der Waals surface area (Å²) in [6, 6.07) is 13.2. The molecule has 1 amide bonds. The van der Waals surface area contributed by atoms with Gasteiger partial charge < -0.3 is 10.1 Å². The van der Waals surface area contributed by atoms with E-state index in [1.807, 2.05) is 20.8 Å². The van der Waals surface area contributed by atoms with E-state index in [0.29, 0.717) is 11.4 Å². The lowest BCUT2D eigenvalue weighted by Gasteiger charge is -2.25. The van der Waals surface area contributed by atoms with Crippen molar-refractivity contribution in [3.05, 3.63) is 54.1 Å². The van der Waals surface area contributed by atoms with Gasteiger partial charge in [-0.25, -0.2) is 8.42 Å². The van der Waals surface area contributed by atoms with Crippen molar-refractivity contribution in [1.29, 1.82) is 0 Å². The van der Waals surface area contributed by atoms with Crippen LogP contribution in [0.5, 0.6) is 5.75 Å². The maximum Gasteiger partial charge on any atom is 0.264 e. The van der Waals surface area contributed by atoms with Gasteiger partial charge in [0.15, 0.2) is 0 Å². The Labute approximate surface area is 167 Å². The maximum absolute atomic E-state index is 13.3. The summed E-state index contributed by atoms with van der Waals surface area (Å²) in [6.45, 7) is 5.52. The maximum atomic E-state index is 13.3. The summed E-state index contributed by atoms with van der Waals surface area (Å²) in [5, 5.41) is 2.87. The first kappa shape index (κ1) is 21.8. The third-order valence-electron chi connectivity index (χ3n) is 4.37. The number of benzene rings is 2. The standard InChI is InChI=1S/C21H28N2O4S/c1-5-7-17(3)22-21(24)15-23(18-8-6-9-19(14-18)27-4)28(25,26)20-12-10-16(2)11-13-20/h6,8-14,17H,5,7,15H2,1-4H3,(H,22,24)/t17-/m0/s1. The van der Waals surface area contributed by atoms with Gasteiger partial charge in [-0.2, -0.15) is 0 Å². The van der Waals surface area contributed by atoms with Gasteiger partial charge in [0.05, 0.1) is 17.7 Å². The average Bonchev–Trinajstić information content (AvgIpc) is 2.66. The number of sulfonamides is 1. The van der Waals surface area contributed by atoms with Gasteiger partial charge in [0, 0.05) is 12.1 Å². The van der Waals surface area contributed by atoms with Gasteiger partial charge in [-0.15, -0.1) is 0 Å². The largest absolute Gasteiger partial charge is 0.497 e. The van der Waals surface area contributed by atoms with Crippen molar-refractivity contribution in [1.82, 2.24) is 5.32 Å². The van der Waals surface area contributed by atoms with Crippen LogP contribution in [0.1, 0.15) is 32.3 Å². The van der Waals surface area contributed by atoms with E-state index in [4.69, 9.17) is 4.74 Å². The van der Waals surface area contributed by atoms with Crippen LogP contribution in [0.4, 0.5) is 5.69 Å². The highest BCUT2D eigenvalue weighted by atomic mass is 32.2. The van der Waals surface area contributed by atoms with Crippen molar-refractivity contribution < 1.29 is 17.9 Å². The topological polar surface area (TPSA) is 75.7 Å². The minimum Gasteiger partial charge on any atom is -0.497 e. The van der Waals surface area contributed by atoms with Crippen molar-refractivity contribution in [2.24, 2.45) is 0 Å². The summed E-state index contributed by atoms with van der Waals surface area (Å²) in [7, 11) is -2.41. The number of methoxy groups -OCH3 is 1. The Balaban J connectivity index is 2.40. The molecule has 2 aromatic rings. The summed E-state index contributed by atoms with van der Waals surface area (Å²) >= 11 is 0. The molecule has 0 aromatic heterocycles. The number of carbonyl (C=O) groups is 1. The van der Waals surface area contributed by atoms with Crippen LogP contribution in [-0.4, -0.2) is 34.0 Å². The molecule has 0 saturated heterocycles. The highest BCUT2D eigenvalue weighted by Gasteiger charge is 2.27. The molecule has 0 saturated carbocycles. The van der Waals surface area contributed by atoms with E-state index in [9.17, 15) is 13.2 Å². The van der Waals surface area contributed by atoms with Crippen molar-refractivity contribution in [3.8, 4) is 5.75 Å². The molecule has 152 valence electrons. The highest BCUT2D eigenvalue weighted by Crippen LogP contribution is 2.27. The number of anilines is 1. The molecule has 1 atom stereocenters. The first-order valence-corrected chi connectivity index (χ1v) is 10.7. The van der Waals surface area contributed by atoms with Gasteiger partial charge >= 0.3 is 0 Å². The van der Waals surface area contributed by atoms with Crippen molar-refractivity contribution >= 4 is 21.6 Å². The molecule has 0 aliphatic rings. The van der Waals surface area contributed by atoms with Crippen LogP contribution >= 0.6 is 0 Å². The normalized spacial score (nSPS) is 12.3. The van der Waals surface area contributed by atoms with E-state index >= 15 is 0 Å². The monoisotopic (exact) mass is 404 g/mol. The van der Waals surface area contributed by atoms with Crippen molar-refractivity contribution in [2.75, 3.05) is 18.0 Å². The van der Waals surface area contributed by atoms with Crippen LogP contribution in [0.2, 0.25) is 0 Å². The summed E-state index contributed by atoms with van der Waals surface area (Å²) in [6.07, 6.45) is 1.76. The molecule has 7 heteroatoms. The Kier molecular flexibility index (Phi) is 7.45. The molecule has 0 fully saturated rings. The Morgan fingerprint density at radius 1 is 1.18 bits per heavy atom. The Morgan fingerprint density at radius 3 is 2.46 bits per heavy atom. The van der Waals surface area contributed by atoms with Crippen LogP contribution in [0, 0.1) is 6.92 Å². The number of rotatable bonds is 9. The highest BCUT2D eigenvalue weighted by molar-refractivity contribution is 7.92. The minimum atomic E-state index is -3.92. The van der Waals surface area contributed by atoms with Crippen LogP contribution in [-0.2, 0) is 14.8 Å². The third-order valence-corrected chi connectivity index (χ3v) is 6.15. The summed E-state index contributed by atoms with van der Waals surface area (Å²) in [5.74, 6) is 0.167. The number of nitrogens with one attached hydrogen (secondary N) is 1. The molecule has 1 N–H and O–H groups in total. The van der Waals surface area contributed by atoms with Gasteiger partial charge in [0.2, 0.25) is 5.91 Å². The molecule has 0 spiro atoms. The third kappa shape index (κ3) is 5.48. The molecular formula is C21H28N2O4S. The minimum absolute atomic E-state index is 0.0215. The van der Waals surface area contributed by atoms with Gasteiger partial charge in [0.25, 0.3) is 10.0 Å². The fourth-order valence-corrected chi connectivity index (χ4v) is 4.29. The van der Waals surface area contributed by atoms with E-state index in [-0.39, 0.29) is 23.4 Å². The van der Waals surface area contributed by atoms with Crippen molar-refractivity contribution in [3.63, 3.8) is 0 Å². The molecule has 2 rings (SSSR count). The molecule has 0 aliphatic heterocycles. The lowest BCUT2D eigenvalue weighted by atomic mass is 10.2. The van der Waals surface area contributed by atoms with E-state index in [0.717, 1.165) is 22.7 Å². The summed E-state index contributed by atoms with van der Waals surface area (Å²) in [4.78, 5) is 12.7. The van der Waals surface area contributed by atoms with Gasteiger partial charge in [-0.3, -0.25) is 9.10 Å². The average molecular weight is 405 g/mol. The number of amides is 1. The molecular weight excluding hydrogens is 376 g/mol. The van der Waals surface area contributed by atoms with Crippen LogP contribution < -0.4 is 14.4 Å². The predicted molar refractivity (Wildman–Crippen MR) is 111 cm³/mol. The van der Waals surface area contributed by atoms with Crippen LogP contribution in [0.15, 0.2) is 53.4 Å². The number of ether oxygens (including phenoxy) is 1. The molecule has 0 radical (unpaired) electrons. The molecule has 0 aliphatic carbocycles. The van der Waals surface area contributed by atoms with E-state index < -0.39 is 10.0 Å². The van der Waals surface area contributed by atoms with Gasteiger partial charge in [-0.1, -0.05) is 37.1 Å². The molecule has 2 aromatic carbocycles. The second-order valence-corrected chi connectivity index (χ2v) is 8.65. The van der Waals surface area contributed by atoms with E-state index in [1.54, 1.807) is 48.5 Å². The first-order chi connectivity index (χ1) is 13.3. The fraction of sp³-hybridized carbons (Fsp3) is 0.381. The lowest BCUT2D eigenvalue weighted by molar-refractivity contribution is -0.120. The predicted octanol–water partition coefficient (Wildman–Crippen LogP) is 3.50. The molecule has 0 unspecified atom stereocenters. The zero-order chi connectivity index (χ0) is 20.7. The number of hydrogen-bond donors (Lipinski definition) is 1. The summed E-state index contributed by atoms with van der Waals surface area (Å²) < 4.78 is 32.9. The van der Waals surface area contributed by atoms with E-state index in [1.165, 1.54) is 7.11 Å². The zero-order valence-electron chi connectivity index (χ0n) is 16.8. The SMILES string of the molecule is CCC[C@H](C)NC(=O)CN(c1cccc(OC)c1)S(=O)(=O)c1ccc(C)cc1. The quantitative estimate of drug-likeness (QED) is 0.694. The second kappa shape index (κ2) is 9.59. The number of carbonyl (C=O) groups excluding carboxylic acids is 1. The Hall–Kier alpha value is -2.54. The van der Waals surface area contributed by atoms with Gasteiger partial charge in [0.1, 0.15) is 12.3 Å². The first-order valence-electron chi connectivity index (χ1n) is 9.30.